The zero-order valence-electron chi connectivity index (χ0n) is 17.4. The van der Waals surface area contributed by atoms with E-state index in [1.807, 2.05) is 0 Å². The lowest BCUT2D eigenvalue weighted by molar-refractivity contribution is 0.0439. The van der Waals surface area contributed by atoms with Gasteiger partial charge in [0.25, 0.3) is 10.0 Å². The van der Waals surface area contributed by atoms with Gasteiger partial charge in [-0.2, -0.15) is 4.31 Å². The molecule has 31 heavy (non-hydrogen) atoms. The van der Waals surface area contributed by atoms with Crippen LogP contribution in [0.5, 0.6) is 0 Å². The molecular weight excluding hydrogens is 448 g/mol. The van der Waals surface area contributed by atoms with E-state index in [0.717, 1.165) is 4.31 Å². The fourth-order valence-corrected chi connectivity index (χ4v) is 5.13. The number of hydrogen-bond donors (Lipinski definition) is 0. The molecule has 10 nitrogen and oxygen atoms in total. The highest BCUT2D eigenvalue weighted by Crippen LogP contribution is 2.22. The summed E-state index contributed by atoms with van der Waals surface area (Å²) in [6, 6.07) is 6.95. The van der Waals surface area contributed by atoms with Gasteiger partial charge in [0.1, 0.15) is 12.4 Å². The lowest BCUT2D eigenvalue weighted by Crippen LogP contribution is -2.40. The Hall–Kier alpha value is -2.25. The van der Waals surface area contributed by atoms with Crippen molar-refractivity contribution in [1.29, 1.82) is 0 Å². The smallest absolute Gasteiger partial charge is 0.338 e. The molecule has 1 aromatic carbocycles. The van der Waals surface area contributed by atoms with Crippen LogP contribution in [0.25, 0.3) is 0 Å². The number of rotatable bonds is 7. The van der Waals surface area contributed by atoms with Crippen LogP contribution in [-0.2, 0) is 36.1 Å². The standard InChI is InChI=1S/C19H24N2O8S2/c1-14-4-6-16(30(23,24)21-8-10-27-11-9-21)12-17(14)19(22)28-13-15-5-7-18(29-15)31(25,26)20(2)3/h4-7,12H,8-11,13H2,1-3H3. The van der Waals surface area contributed by atoms with E-state index in [4.69, 9.17) is 13.9 Å². The Morgan fingerprint density at radius 2 is 1.77 bits per heavy atom. The Morgan fingerprint density at radius 1 is 1.10 bits per heavy atom. The number of hydrogen-bond acceptors (Lipinski definition) is 8. The fraction of sp³-hybridized carbons (Fsp3) is 0.421. The van der Waals surface area contributed by atoms with Gasteiger partial charge < -0.3 is 13.9 Å². The van der Waals surface area contributed by atoms with Crippen LogP contribution in [-0.4, -0.2) is 71.8 Å². The molecule has 0 amide bonds. The molecule has 1 saturated heterocycles. The lowest BCUT2D eigenvalue weighted by Gasteiger charge is -2.26. The van der Waals surface area contributed by atoms with Crippen LogP contribution < -0.4 is 0 Å². The number of ether oxygens (including phenoxy) is 2. The van der Waals surface area contributed by atoms with Gasteiger partial charge in [0.15, 0.2) is 0 Å². The normalized spacial score (nSPS) is 15.9. The maximum Gasteiger partial charge on any atom is 0.338 e. The van der Waals surface area contributed by atoms with Gasteiger partial charge in [-0.25, -0.2) is 25.9 Å². The molecule has 0 aliphatic carbocycles. The number of aryl methyl sites for hydroxylation is 1. The highest BCUT2D eigenvalue weighted by molar-refractivity contribution is 7.89. The molecule has 2 aromatic rings. The van der Waals surface area contributed by atoms with Gasteiger partial charge >= 0.3 is 5.97 Å². The number of esters is 1. The number of furan rings is 1. The van der Waals surface area contributed by atoms with Crippen molar-refractivity contribution in [2.75, 3.05) is 40.4 Å². The Labute approximate surface area is 181 Å². The van der Waals surface area contributed by atoms with E-state index in [1.54, 1.807) is 13.0 Å². The van der Waals surface area contributed by atoms with Gasteiger partial charge in [-0.15, -0.1) is 0 Å². The molecule has 12 heteroatoms. The van der Waals surface area contributed by atoms with Crippen LogP contribution in [0.15, 0.2) is 44.7 Å². The molecule has 0 bridgehead atoms. The van der Waals surface area contributed by atoms with Gasteiger partial charge in [-0.1, -0.05) is 6.07 Å². The maximum absolute atomic E-state index is 12.8. The molecule has 1 aromatic heterocycles. The highest BCUT2D eigenvalue weighted by atomic mass is 32.2. The minimum Gasteiger partial charge on any atom is -0.454 e. The summed E-state index contributed by atoms with van der Waals surface area (Å²) in [5.74, 6) is -0.603. The van der Waals surface area contributed by atoms with E-state index in [1.165, 1.54) is 42.7 Å². The third-order valence-corrected chi connectivity index (χ3v) is 8.34. The second-order valence-corrected chi connectivity index (χ2v) is 11.1. The van der Waals surface area contributed by atoms with Crippen molar-refractivity contribution < 1.29 is 35.5 Å². The number of carbonyl (C=O) groups excluding carboxylic acids is 1. The Balaban J connectivity index is 1.75. The zero-order valence-corrected chi connectivity index (χ0v) is 19.0. The quantitative estimate of drug-likeness (QED) is 0.551. The first-order valence-corrected chi connectivity index (χ1v) is 12.3. The van der Waals surface area contributed by atoms with E-state index < -0.39 is 26.0 Å². The van der Waals surface area contributed by atoms with Crippen molar-refractivity contribution in [2.45, 2.75) is 23.5 Å². The zero-order chi connectivity index (χ0) is 22.8. The summed E-state index contributed by atoms with van der Waals surface area (Å²) < 4.78 is 67.8. The van der Waals surface area contributed by atoms with Crippen LogP contribution in [0.4, 0.5) is 0 Å². The summed E-state index contributed by atoms with van der Waals surface area (Å²) in [7, 11) is -4.76. The third-order valence-electron chi connectivity index (χ3n) is 4.75. The maximum atomic E-state index is 12.8. The van der Waals surface area contributed by atoms with Gasteiger partial charge in [0.05, 0.1) is 23.7 Å². The Bertz CT molecular complexity index is 1160. The average molecular weight is 473 g/mol. The molecule has 3 rings (SSSR count). The van der Waals surface area contributed by atoms with Crippen LogP contribution in [0.1, 0.15) is 21.7 Å². The molecule has 0 atom stereocenters. The molecule has 1 fully saturated rings. The Morgan fingerprint density at radius 3 is 2.42 bits per heavy atom. The van der Waals surface area contributed by atoms with Crippen LogP contribution in [0.3, 0.4) is 0 Å². The molecule has 0 radical (unpaired) electrons. The average Bonchev–Trinajstić information content (AvgIpc) is 3.22. The number of benzene rings is 1. The first-order chi connectivity index (χ1) is 14.5. The van der Waals surface area contributed by atoms with Crippen molar-refractivity contribution in [3.05, 3.63) is 47.2 Å². The lowest BCUT2D eigenvalue weighted by atomic mass is 10.1. The third kappa shape index (κ3) is 4.99. The van der Waals surface area contributed by atoms with Crippen LogP contribution in [0.2, 0.25) is 0 Å². The molecule has 170 valence electrons. The summed E-state index contributed by atoms with van der Waals surface area (Å²) in [6.07, 6.45) is 0. The summed E-state index contributed by atoms with van der Waals surface area (Å²) in [4.78, 5) is 12.6. The van der Waals surface area contributed by atoms with Crippen molar-refractivity contribution >= 4 is 26.0 Å². The van der Waals surface area contributed by atoms with E-state index in [0.29, 0.717) is 18.8 Å². The molecule has 0 spiro atoms. The Kier molecular flexibility index (Phi) is 6.86. The molecular formula is C19H24N2O8S2. The van der Waals surface area contributed by atoms with Crippen molar-refractivity contribution in [3.8, 4) is 0 Å². The second-order valence-electron chi connectivity index (χ2n) is 7.08. The SMILES string of the molecule is Cc1ccc(S(=O)(=O)N2CCOCC2)cc1C(=O)OCc1ccc(S(=O)(=O)N(C)C)o1. The highest BCUT2D eigenvalue weighted by Gasteiger charge is 2.28. The summed E-state index contributed by atoms with van der Waals surface area (Å²) in [6.45, 7) is 2.47. The van der Waals surface area contributed by atoms with E-state index in [2.05, 4.69) is 0 Å². The van der Waals surface area contributed by atoms with Crippen molar-refractivity contribution in [3.63, 3.8) is 0 Å². The number of sulfonamides is 2. The van der Waals surface area contributed by atoms with Gasteiger partial charge in [0.2, 0.25) is 15.1 Å². The van der Waals surface area contributed by atoms with Crippen molar-refractivity contribution in [1.82, 2.24) is 8.61 Å². The minimum atomic E-state index is -3.77. The first-order valence-electron chi connectivity index (χ1n) is 9.40. The summed E-state index contributed by atoms with van der Waals surface area (Å²) in [5, 5.41) is -0.265. The van der Waals surface area contributed by atoms with Gasteiger partial charge in [-0.05, 0) is 36.8 Å². The molecule has 1 aliphatic rings. The fourth-order valence-electron chi connectivity index (χ4n) is 2.89. The monoisotopic (exact) mass is 472 g/mol. The van der Waals surface area contributed by atoms with Gasteiger partial charge in [-0.3, -0.25) is 0 Å². The topological polar surface area (TPSA) is 123 Å². The molecule has 0 N–H and O–H groups in total. The molecule has 1 aliphatic heterocycles. The van der Waals surface area contributed by atoms with Crippen LogP contribution >= 0.6 is 0 Å². The molecule has 0 saturated carbocycles. The van der Waals surface area contributed by atoms with E-state index >= 15 is 0 Å². The summed E-state index contributed by atoms with van der Waals surface area (Å²) >= 11 is 0. The van der Waals surface area contributed by atoms with Crippen molar-refractivity contribution in [2.24, 2.45) is 0 Å². The predicted molar refractivity (Wildman–Crippen MR) is 109 cm³/mol. The predicted octanol–water partition coefficient (Wildman–Crippen LogP) is 1.22. The summed E-state index contributed by atoms with van der Waals surface area (Å²) in [5.41, 5.74) is 0.642. The number of morpholine rings is 1. The minimum absolute atomic E-state index is 0.00990. The van der Waals surface area contributed by atoms with Gasteiger partial charge in [0, 0.05) is 27.2 Å². The number of carbonyl (C=O) groups is 1. The van der Waals surface area contributed by atoms with E-state index in [-0.39, 0.29) is 41.0 Å². The largest absolute Gasteiger partial charge is 0.454 e. The second kappa shape index (κ2) is 9.09. The van der Waals surface area contributed by atoms with Crippen LogP contribution in [0, 0.1) is 6.92 Å². The van der Waals surface area contributed by atoms with E-state index in [9.17, 15) is 21.6 Å². The molecule has 0 unspecified atom stereocenters. The molecule has 2 heterocycles. The first kappa shape index (κ1) is 23.4. The number of nitrogens with zero attached hydrogens (tertiary/aromatic N) is 2.